The number of hydrogen-bond donors (Lipinski definition) is 2. The number of thiocarbonyl (C=S) groups is 1. The molecular formula is C18H21N3O3S2. The third-order valence-electron chi connectivity index (χ3n) is 4.26. The monoisotopic (exact) mass is 391 g/mol. The Morgan fingerprint density at radius 2 is 1.88 bits per heavy atom. The van der Waals surface area contributed by atoms with Gasteiger partial charge in [0.05, 0.1) is 12.7 Å². The summed E-state index contributed by atoms with van der Waals surface area (Å²) in [6, 6.07) is 9.03. The van der Waals surface area contributed by atoms with E-state index in [-0.39, 0.29) is 11.7 Å². The van der Waals surface area contributed by atoms with Crippen molar-refractivity contribution in [1.82, 2.24) is 4.90 Å². The molecule has 0 saturated carbocycles. The third kappa shape index (κ3) is 4.08. The van der Waals surface area contributed by atoms with E-state index < -0.39 is 0 Å². The Morgan fingerprint density at radius 3 is 2.50 bits per heavy atom. The van der Waals surface area contributed by atoms with Crippen LogP contribution in [0.4, 0.5) is 10.7 Å². The molecule has 26 heavy (non-hydrogen) atoms. The standard InChI is InChI=1S/C18H21N3O3S2/c1-12-11-15(17(23)24-2)16(26-12)19-18(25)21-9-7-20(8-10-21)13-3-5-14(22)6-4-13/h3-6,11,22H,7-10H2,1-2H3,(H,19,25). The molecule has 1 aliphatic rings. The number of aromatic hydroxyl groups is 1. The first-order valence-electron chi connectivity index (χ1n) is 8.26. The van der Waals surface area contributed by atoms with Gasteiger partial charge >= 0.3 is 5.97 Å². The maximum Gasteiger partial charge on any atom is 0.340 e. The number of nitrogens with one attached hydrogen (secondary N) is 1. The minimum atomic E-state index is -0.364. The van der Waals surface area contributed by atoms with E-state index in [0.29, 0.717) is 10.7 Å². The Hall–Kier alpha value is -2.32. The van der Waals surface area contributed by atoms with Gasteiger partial charge in [0.2, 0.25) is 0 Å². The first-order valence-corrected chi connectivity index (χ1v) is 9.49. The van der Waals surface area contributed by atoms with E-state index in [1.54, 1.807) is 12.1 Å². The van der Waals surface area contributed by atoms with Gasteiger partial charge in [0.25, 0.3) is 0 Å². The maximum absolute atomic E-state index is 11.9. The van der Waals surface area contributed by atoms with Crippen LogP contribution >= 0.6 is 23.6 Å². The van der Waals surface area contributed by atoms with Gasteiger partial charge in [0.15, 0.2) is 5.11 Å². The number of hydrogen-bond acceptors (Lipinski definition) is 6. The lowest BCUT2D eigenvalue weighted by molar-refractivity contribution is 0.0602. The number of methoxy groups -OCH3 is 1. The highest BCUT2D eigenvalue weighted by molar-refractivity contribution is 7.80. The normalized spacial score (nSPS) is 14.2. The number of anilines is 2. The lowest BCUT2D eigenvalue weighted by Crippen LogP contribution is -2.50. The topological polar surface area (TPSA) is 65.0 Å². The number of thiophene rings is 1. The predicted molar refractivity (Wildman–Crippen MR) is 109 cm³/mol. The molecule has 3 rings (SSSR count). The average molecular weight is 392 g/mol. The van der Waals surface area contributed by atoms with E-state index in [1.807, 2.05) is 25.1 Å². The SMILES string of the molecule is COC(=O)c1cc(C)sc1NC(=S)N1CCN(c2ccc(O)cc2)CC1. The second kappa shape index (κ2) is 7.92. The number of esters is 1. The number of carbonyl (C=O) groups is 1. The summed E-state index contributed by atoms with van der Waals surface area (Å²) < 4.78 is 4.84. The van der Waals surface area contributed by atoms with Crippen molar-refractivity contribution in [2.24, 2.45) is 0 Å². The van der Waals surface area contributed by atoms with Gasteiger partial charge in [-0.1, -0.05) is 0 Å². The molecule has 0 atom stereocenters. The largest absolute Gasteiger partial charge is 0.508 e. The predicted octanol–water partition coefficient (Wildman–Crippen LogP) is 3.07. The van der Waals surface area contributed by atoms with E-state index in [9.17, 15) is 9.90 Å². The van der Waals surface area contributed by atoms with Crippen LogP contribution in [0.5, 0.6) is 5.75 Å². The van der Waals surface area contributed by atoms with Gasteiger partial charge in [0, 0.05) is 36.7 Å². The van der Waals surface area contributed by atoms with Crippen LogP contribution in [0, 0.1) is 6.92 Å². The number of phenolic OH excluding ortho intramolecular Hbond substituents is 1. The van der Waals surface area contributed by atoms with E-state index in [1.165, 1.54) is 18.4 Å². The number of rotatable bonds is 3. The summed E-state index contributed by atoms with van der Waals surface area (Å²) in [5, 5.41) is 13.9. The van der Waals surface area contributed by atoms with Gasteiger partial charge in [0.1, 0.15) is 10.8 Å². The summed E-state index contributed by atoms with van der Waals surface area (Å²) >= 11 is 7.03. The number of benzene rings is 1. The fourth-order valence-electron chi connectivity index (χ4n) is 2.88. The van der Waals surface area contributed by atoms with Crippen LogP contribution in [-0.2, 0) is 4.74 Å². The lowest BCUT2D eigenvalue weighted by atomic mass is 10.2. The van der Waals surface area contributed by atoms with Gasteiger partial charge in [-0.05, 0) is 49.5 Å². The number of nitrogens with zero attached hydrogens (tertiary/aromatic N) is 2. The first-order chi connectivity index (χ1) is 12.5. The Labute approximate surface area is 162 Å². The Balaban J connectivity index is 1.61. The van der Waals surface area contributed by atoms with Crippen LogP contribution in [0.15, 0.2) is 30.3 Å². The van der Waals surface area contributed by atoms with Crippen molar-refractivity contribution < 1.29 is 14.6 Å². The molecule has 0 bridgehead atoms. The molecule has 1 aliphatic heterocycles. The summed E-state index contributed by atoms with van der Waals surface area (Å²) in [7, 11) is 1.37. The second-order valence-corrected chi connectivity index (χ2v) is 7.66. The zero-order valence-corrected chi connectivity index (χ0v) is 16.3. The first kappa shape index (κ1) is 18.5. The molecule has 138 valence electrons. The minimum absolute atomic E-state index is 0.269. The molecule has 0 unspecified atom stereocenters. The van der Waals surface area contributed by atoms with Crippen LogP contribution in [0.1, 0.15) is 15.2 Å². The van der Waals surface area contributed by atoms with E-state index in [0.717, 1.165) is 41.7 Å². The summed E-state index contributed by atoms with van der Waals surface area (Å²) in [5.74, 6) is -0.0952. The molecule has 0 amide bonds. The molecule has 1 aromatic heterocycles. The molecule has 1 aromatic carbocycles. The van der Waals surface area contributed by atoms with Gasteiger partial charge in [-0.3, -0.25) is 0 Å². The quantitative estimate of drug-likeness (QED) is 0.616. The van der Waals surface area contributed by atoms with Crippen LogP contribution in [0.2, 0.25) is 0 Å². The van der Waals surface area contributed by atoms with Crippen molar-refractivity contribution in [2.45, 2.75) is 6.92 Å². The molecule has 0 spiro atoms. The molecule has 0 aliphatic carbocycles. The van der Waals surface area contributed by atoms with Crippen molar-refractivity contribution in [2.75, 3.05) is 43.5 Å². The molecule has 6 nitrogen and oxygen atoms in total. The Kier molecular flexibility index (Phi) is 5.63. The zero-order chi connectivity index (χ0) is 18.7. The van der Waals surface area contributed by atoms with E-state index in [4.69, 9.17) is 17.0 Å². The van der Waals surface area contributed by atoms with Gasteiger partial charge < -0.3 is 25.0 Å². The number of phenols is 1. The van der Waals surface area contributed by atoms with Gasteiger partial charge in [-0.2, -0.15) is 0 Å². The zero-order valence-electron chi connectivity index (χ0n) is 14.7. The maximum atomic E-state index is 11.9. The molecule has 2 heterocycles. The smallest absolute Gasteiger partial charge is 0.340 e. The fourth-order valence-corrected chi connectivity index (χ4v) is 4.12. The van der Waals surface area contributed by atoms with Crippen LogP contribution < -0.4 is 10.2 Å². The third-order valence-corrected chi connectivity index (χ3v) is 5.59. The number of aryl methyl sites for hydroxylation is 1. The average Bonchev–Trinajstić information content (AvgIpc) is 3.02. The second-order valence-electron chi connectivity index (χ2n) is 6.01. The lowest BCUT2D eigenvalue weighted by Gasteiger charge is -2.37. The fraction of sp³-hybridized carbons (Fsp3) is 0.333. The molecule has 8 heteroatoms. The van der Waals surface area contributed by atoms with Crippen molar-refractivity contribution in [3.63, 3.8) is 0 Å². The summed E-state index contributed by atoms with van der Waals surface area (Å²) in [6.45, 7) is 5.18. The number of ether oxygens (including phenoxy) is 1. The van der Waals surface area contributed by atoms with E-state index in [2.05, 4.69) is 15.1 Å². The Bertz CT molecular complexity index is 797. The van der Waals surface area contributed by atoms with Gasteiger partial charge in [-0.25, -0.2) is 4.79 Å². The highest BCUT2D eigenvalue weighted by atomic mass is 32.1. The molecule has 1 fully saturated rings. The summed E-state index contributed by atoms with van der Waals surface area (Å²) in [5.41, 5.74) is 1.60. The van der Waals surface area contributed by atoms with Crippen molar-refractivity contribution in [3.05, 3.63) is 40.8 Å². The van der Waals surface area contributed by atoms with Crippen LogP contribution in [-0.4, -0.2) is 54.4 Å². The van der Waals surface area contributed by atoms with Crippen LogP contribution in [0.25, 0.3) is 0 Å². The number of carbonyl (C=O) groups excluding carboxylic acids is 1. The van der Waals surface area contributed by atoms with Crippen molar-refractivity contribution in [1.29, 1.82) is 0 Å². The van der Waals surface area contributed by atoms with E-state index >= 15 is 0 Å². The molecule has 2 aromatic rings. The molecule has 2 N–H and O–H groups in total. The van der Waals surface area contributed by atoms with Crippen molar-refractivity contribution in [3.8, 4) is 5.75 Å². The summed E-state index contributed by atoms with van der Waals surface area (Å²) in [4.78, 5) is 17.3. The molecular weight excluding hydrogens is 370 g/mol. The molecule has 0 radical (unpaired) electrons. The highest BCUT2D eigenvalue weighted by Gasteiger charge is 2.22. The summed E-state index contributed by atoms with van der Waals surface area (Å²) in [6.07, 6.45) is 0. The minimum Gasteiger partial charge on any atom is -0.508 e. The highest BCUT2D eigenvalue weighted by Crippen LogP contribution is 2.29. The van der Waals surface area contributed by atoms with Crippen molar-refractivity contribution >= 4 is 45.3 Å². The van der Waals surface area contributed by atoms with Gasteiger partial charge in [-0.15, -0.1) is 11.3 Å². The number of piperazine rings is 1. The Morgan fingerprint density at radius 1 is 1.23 bits per heavy atom. The van der Waals surface area contributed by atoms with Crippen LogP contribution in [0.3, 0.4) is 0 Å². The molecule has 1 saturated heterocycles.